The Hall–Kier alpha value is -0.890. The predicted molar refractivity (Wildman–Crippen MR) is 88.0 cm³/mol. The molecule has 0 spiro atoms. The molecular weight excluding hydrogens is 261 g/mol. The highest BCUT2D eigenvalue weighted by Crippen LogP contribution is 2.31. The second-order valence-electron chi connectivity index (χ2n) is 6.59. The molecule has 0 aliphatic heterocycles. The van der Waals surface area contributed by atoms with Gasteiger partial charge in [-0.25, -0.2) is 4.39 Å². The Morgan fingerprint density at radius 3 is 2.67 bits per heavy atom. The van der Waals surface area contributed by atoms with Gasteiger partial charge in [-0.2, -0.15) is 0 Å². The molecule has 0 saturated heterocycles. The van der Waals surface area contributed by atoms with E-state index in [1.54, 1.807) is 12.1 Å². The zero-order valence-corrected chi connectivity index (χ0v) is 13.6. The molecule has 0 amide bonds. The molecule has 2 rings (SSSR count). The smallest absolute Gasteiger partial charge is 0.123 e. The lowest BCUT2D eigenvalue weighted by atomic mass is 9.84. The van der Waals surface area contributed by atoms with Crippen LogP contribution in [0.2, 0.25) is 0 Å². The maximum absolute atomic E-state index is 13.3. The molecule has 0 radical (unpaired) electrons. The summed E-state index contributed by atoms with van der Waals surface area (Å²) in [7, 11) is 0. The van der Waals surface area contributed by atoms with Gasteiger partial charge < -0.3 is 5.32 Å². The van der Waals surface area contributed by atoms with Gasteiger partial charge in [0.2, 0.25) is 0 Å². The molecule has 1 saturated carbocycles. The van der Waals surface area contributed by atoms with Gasteiger partial charge in [-0.15, -0.1) is 0 Å². The largest absolute Gasteiger partial charge is 0.310 e. The maximum Gasteiger partial charge on any atom is 0.123 e. The number of aryl methyl sites for hydroxylation is 1. The summed E-state index contributed by atoms with van der Waals surface area (Å²) in [6, 6.07) is 5.62. The Bertz CT molecular complexity index is 424. The lowest BCUT2D eigenvalue weighted by Crippen LogP contribution is -2.24. The van der Waals surface area contributed by atoms with Gasteiger partial charge in [0, 0.05) is 6.04 Å². The second-order valence-corrected chi connectivity index (χ2v) is 6.59. The summed E-state index contributed by atoms with van der Waals surface area (Å²) in [6.45, 7) is 5.26. The van der Waals surface area contributed by atoms with Crippen molar-refractivity contribution >= 4 is 0 Å². The summed E-state index contributed by atoms with van der Waals surface area (Å²) < 4.78 is 13.3. The summed E-state index contributed by atoms with van der Waals surface area (Å²) in [5.74, 6) is 0.781. The van der Waals surface area contributed by atoms with E-state index in [1.165, 1.54) is 50.5 Å². The van der Waals surface area contributed by atoms with Crippen molar-refractivity contribution in [1.82, 2.24) is 5.32 Å². The molecule has 2 heteroatoms. The Labute approximate surface area is 129 Å². The number of halogens is 1. The van der Waals surface area contributed by atoms with Crippen molar-refractivity contribution in [2.75, 3.05) is 6.54 Å². The van der Waals surface area contributed by atoms with Crippen molar-refractivity contribution in [3.63, 3.8) is 0 Å². The molecule has 1 aromatic carbocycles. The topological polar surface area (TPSA) is 12.0 Å². The first-order valence-corrected chi connectivity index (χ1v) is 8.70. The van der Waals surface area contributed by atoms with Crippen LogP contribution in [0.1, 0.15) is 75.5 Å². The molecule has 1 unspecified atom stereocenters. The maximum atomic E-state index is 13.3. The van der Waals surface area contributed by atoms with E-state index >= 15 is 0 Å². The number of hydrogen-bond acceptors (Lipinski definition) is 1. The lowest BCUT2D eigenvalue weighted by Gasteiger charge is -2.26. The van der Waals surface area contributed by atoms with Crippen LogP contribution < -0.4 is 5.32 Å². The molecule has 1 aliphatic carbocycles. The third kappa shape index (κ3) is 5.10. The molecule has 118 valence electrons. The van der Waals surface area contributed by atoms with Crippen LogP contribution in [0.3, 0.4) is 0 Å². The van der Waals surface area contributed by atoms with Gasteiger partial charge in [-0.05, 0) is 61.9 Å². The van der Waals surface area contributed by atoms with E-state index in [4.69, 9.17) is 0 Å². The summed E-state index contributed by atoms with van der Waals surface area (Å²) in [5, 5.41) is 3.66. The Morgan fingerprint density at radius 1 is 1.24 bits per heavy atom. The van der Waals surface area contributed by atoms with Gasteiger partial charge in [-0.1, -0.05) is 45.1 Å². The lowest BCUT2D eigenvalue weighted by molar-refractivity contribution is 0.314. The molecule has 0 heterocycles. The molecule has 21 heavy (non-hydrogen) atoms. The zero-order chi connectivity index (χ0) is 15.1. The van der Waals surface area contributed by atoms with Crippen LogP contribution in [0.15, 0.2) is 18.2 Å². The highest BCUT2D eigenvalue weighted by Gasteiger charge is 2.18. The van der Waals surface area contributed by atoms with E-state index in [2.05, 4.69) is 12.2 Å². The highest BCUT2D eigenvalue weighted by molar-refractivity contribution is 5.29. The monoisotopic (exact) mass is 291 g/mol. The fourth-order valence-corrected chi connectivity index (χ4v) is 3.59. The van der Waals surface area contributed by atoms with Gasteiger partial charge in [0.25, 0.3) is 0 Å². The van der Waals surface area contributed by atoms with Crippen molar-refractivity contribution < 1.29 is 4.39 Å². The van der Waals surface area contributed by atoms with Crippen LogP contribution in [-0.2, 0) is 0 Å². The molecular formula is C19H30FN. The molecule has 0 aromatic heterocycles. The Morgan fingerprint density at radius 2 is 2.00 bits per heavy atom. The molecule has 1 N–H and O–H groups in total. The van der Waals surface area contributed by atoms with E-state index in [0.717, 1.165) is 24.4 Å². The normalized spacial score (nSPS) is 17.9. The quantitative estimate of drug-likeness (QED) is 0.696. The van der Waals surface area contributed by atoms with Gasteiger partial charge in [0.05, 0.1) is 0 Å². The zero-order valence-electron chi connectivity index (χ0n) is 13.6. The van der Waals surface area contributed by atoms with Gasteiger partial charge >= 0.3 is 0 Å². The van der Waals surface area contributed by atoms with Crippen LogP contribution in [-0.4, -0.2) is 6.54 Å². The number of nitrogens with one attached hydrogen (secondary N) is 1. The molecule has 1 fully saturated rings. The summed E-state index contributed by atoms with van der Waals surface area (Å²) in [4.78, 5) is 0. The van der Waals surface area contributed by atoms with Crippen molar-refractivity contribution in [2.45, 2.75) is 71.3 Å². The average molecular weight is 291 g/mol. The molecule has 0 bridgehead atoms. The minimum absolute atomic E-state index is 0.127. The summed E-state index contributed by atoms with van der Waals surface area (Å²) in [5.41, 5.74) is 2.35. The van der Waals surface area contributed by atoms with E-state index in [1.807, 2.05) is 13.0 Å². The average Bonchev–Trinajstić information content (AvgIpc) is 2.49. The number of hydrogen-bond donors (Lipinski definition) is 1. The highest BCUT2D eigenvalue weighted by atomic mass is 19.1. The van der Waals surface area contributed by atoms with Crippen molar-refractivity contribution in [2.24, 2.45) is 5.92 Å². The van der Waals surface area contributed by atoms with E-state index in [9.17, 15) is 4.39 Å². The number of benzene rings is 1. The van der Waals surface area contributed by atoms with Gasteiger partial charge in [-0.3, -0.25) is 0 Å². The van der Waals surface area contributed by atoms with Crippen LogP contribution in [0, 0.1) is 18.7 Å². The molecule has 1 aromatic rings. The first-order valence-electron chi connectivity index (χ1n) is 8.70. The standard InChI is InChI=1S/C19H30FN/c1-3-13-21-19(12-9-16-7-5-4-6-8-16)18-11-10-17(20)14-15(18)2/h10-11,14,16,19,21H,3-9,12-13H2,1-2H3. The summed E-state index contributed by atoms with van der Waals surface area (Å²) >= 11 is 0. The minimum atomic E-state index is -0.127. The van der Waals surface area contributed by atoms with Crippen molar-refractivity contribution in [1.29, 1.82) is 0 Å². The van der Waals surface area contributed by atoms with E-state index in [-0.39, 0.29) is 5.82 Å². The molecule has 1 nitrogen and oxygen atoms in total. The third-order valence-electron chi connectivity index (χ3n) is 4.84. The first kappa shape index (κ1) is 16.5. The van der Waals surface area contributed by atoms with Gasteiger partial charge in [0.1, 0.15) is 5.82 Å². The van der Waals surface area contributed by atoms with Crippen LogP contribution in [0.25, 0.3) is 0 Å². The van der Waals surface area contributed by atoms with Crippen molar-refractivity contribution in [3.8, 4) is 0 Å². The predicted octanol–water partition coefficient (Wildman–Crippen LogP) is 5.54. The van der Waals surface area contributed by atoms with Crippen molar-refractivity contribution in [3.05, 3.63) is 35.1 Å². The van der Waals surface area contributed by atoms with E-state index < -0.39 is 0 Å². The Kier molecular flexibility index (Phi) is 6.69. The fourth-order valence-electron chi connectivity index (χ4n) is 3.59. The Balaban J connectivity index is 1.99. The third-order valence-corrected chi connectivity index (χ3v) is 4.84. The fraction of sp³-hybridized carbons (Fsp3) is 0.684. The van der Waals surface area contributed by atoms with Crippen LogP contribution in [0.4, 0.5) is 4.39 Å². The SMILES string of the molecule is CCCNC(CCC1CCCCC1)c1ccc(F)cc1C. The second kappa shape index (κ2) is 8.53. The van der Waals surface area contributed by atoms with Crippen LogP contribution in [0.5, 0.6) is 0 Å². The molecule has 1 aliphatic rings. The van der Waals surface area contributed by atoms with Gasteiger partial charge in [0.15, 0.2) is 0 Å². The first-order chi connectivity index (χ1) is 10.2. The summed E-state index contributed by atoms with van der Waals surface area (Å²) in [6.07, 6.45) is 10.7. The van der Waals surface area contributed by atoms with E-state index in [0.29, 0.717) is 6.04 Å². The number of rotatable bonds is 7. The minimum Gasteiger partial charge on any atom is -0.310 e. The molecule has 1 atom stereocenters. The van der Waals surface area contributed by atoms with Crippen LogP contribution >= 0.6 is 0 Å².